The van der Waals surface area contributed by atoms with Crippen molar-refractivity contribution in [2.24, 2.45) is 0 Å². The zero-order valence-corrected chi connectivity index (χ0v) is 13.3. The third kappa shape index (κ3) is 3.10. The molecule has 0 saturated heterocycles. The fourth-order valence-electron chi connectivity index (χ4n) is 2.46. The number of aromatic nitrogens is 2. The molecular formula is C15H17BrN2O2. The number of hydrogen-bond acceptors (Lipinski definition) is 2. The van der Waals surface area contributed by atoms with Crippen LogP contribution in [-0.4, -0.2) is 21.0 Å². The minimum absolute atomic E-state index is 0.0894. The SMILES string of the molecule is Cc1cc(C)c(-c2nc(Br)c(CCC(=O)O)[nH]2)c(C)c1. The second-order valence-electron chi connectivity index (χ2n) is 5.02. The highest BCUT2D eigenvalue weighted by Crippen LogP contribution is 2.29. The second kappa shape index (κ2) is 5.79. The van der Waals surface area contributed by atoms with Gasteiger partial charge in [-0.05, 0) is 47.8 Å². The first-order valence-electron chi connectivity index (χ1n) is 6.43. The molecule has 0 aliphatic heterocycles. The number of aryl methyl sites for hydroxylation is 4. The highest BCUT2D eigenvalue weighted by molar-refractivity contribution is 9.10. The molecule has 1 heterocycles. The first-order chi connectivity index (χ1) is 9.38. The zero-order valence-electron chi connectivity index (χ0n) is 11.7. The van der Waals surface area contributed by atoms with Crippen LogP contribution < -0.4 is 0 Å². The number of aliphatic carboxylic acids is 1. The van der Waals surface area contributed by atoms with Gasteiger partial charge in [-0.15, -0.1) is 0 Å². The lowest BCUT2D eigenvalue weighted by molar-refractivity contribution is -0.136. The summed E-state index contributed by atoms with van der Waals surface area (Å²) in [6, 6.07) is 4.24. The highest BCUT2D eigenvalue weighted by Gasteiger charge is 2.14. The Kier molecular flexibility index (Phi) is 4.28. The Hall–Kier alpha value is -1.62. The quantitative estimate of drug-likeness (QED) is 0.892. The molecule has 4 nitrogen and oxygen atoms in total. The number of halogens is 1. The summed E-state index contributed by atoms with van der Waals surface area (Å²) in [5.41, 5.74) is 5.45. The molecule has 0 aliphatic rings. The predicted octanol–water partition coefficient (Wildman–Crippen LogP) is 3.78. The average molecular weight is 337 g/mol. The number of H-pyrrole nitrogens is 1. The number of nitrogens with zero attached hydrogens (tertiary/aromatic N) is 1. The Morgan fingerprint density at radius 2 is 1.90 bits per heavy atom. The Morgan fingerprint density at radius 1 is 1.30 bits per heavy atom. The molecule has 0 saturated carbocycles. The van der Waals surface area contributed by atoms with E-state index in [0.29, 0.717) is 11.0 Å². The fourth-order valence-corrected chi connectivity index (χ4v) is 2.93. The number of carboxylic acids is 1. The summed E-state index contributed by atoms with van der Waals surface area (Å²) < 4.78 is 0.688. The van der Waals surface area contributed by atoms with Crippen LogP contribution >= 0.6 is 15.9 Å². The number of imidazole rings is 1. The van der Waals surface area contributed by atoms with E-state index in [1.807, 2.05) is 0 Å². The van der Waals surface area contributed by atoms with Crippen LogP contribution in [-0.2, 0) is 11.2 Å². The van der Waals surface area contributed by atoms with Crippen LogP contribution in [0.3, 0.4) is 0 Å². The van der Waals surface area contributed by atoms with Gasteiger partial charge < -0.3 is 10.1 Å². The molecule has 1 aromatic carbocycles. The van der Waals surface area contributed by atoms with E-state index in [2.05, 4.69) is 58.8 Å². The van der Waals surface area contributed by atoms with Gasteiger partial charge in [-0.1, -0.05) is 17.7 Å². The third-order valence-electron chi connectivity index (χ3n) is 3.23. The first kappa shape index (κ1) is 14.8. The van der Waals surface area contributed by atoms with Crippen LogP contribution in [0.25, 0.3) is 11.4 Å². The van der Waals surface area contributed by atoms with Crippen LogP contribution in [0.1, 0.15) is 28.8 Å². The largest absolute Gasteiger partial charge is 0.481 e. The van der Waals surface area contributed by atoms with E-state index in [0.717, 1.165) is 28.2 Å². The van der Waals surface area contributed by atoms with Gasteiger partial charge in [-0.25, -0.2) is 4.98 Å². The summed E-state index contributed by atoms with van der Waals surface area (Å²) in [6.45, 7) is 6.19. The van der Waals surface area contributed by atoms with Crippen molar-refractivity contribution in [3.05, 3.63) is 39.1 Å². The van der Waals surface area contributed by atoms with Crippen LogP contribution in [0.5, 0.6) is 0 Å². The topological polar surface area (TPSA) is 66.0 Å². The molecule has 0 aliphatic carbocycles. The lowest BCUT2D eigenvalue weighted by atomic mass is 9.99. The van der Waals surface area contributed by atoms with Gasteiger partial charge in [0.2, 0.25) is 0 Å². The molecule has 0 bridgehead atoms. The molecular weight excluding hydrogens is 320 g/mol. The predicted molar refractivity (Wildman–Crippen MR) is 81.9 cm³/mol. The van der Waals surface area contributed by atoms with Gasteiger partial charge >= 0.3 is 5.97 Å². The smallest absolute Gasteiger partial charge is 0.303 e. The molecule has 0 unspecified atom stereocenters. The lowest BCUT2D eigenvalue weighted by Gasteiger charge is -2.08. The third-order valence-corrected chi connectivity index (χ3v) is 3.89. The Bertz CT molecular complexity index is 639. The zero-order chi connectivity index (χ0) is 14.9. The molecule has 0 fully saturated rings. The van der Waals surface area contributed by atoms with E-state index in [-0.39, 0.29) is 6.42 Å². The molecule has 20 heavy (non-hydrogen) atoms. The Morgan fingerprint density at radius 3 is 2.45 bits per heavy atom. The van der Waals surface area contributed by atoms with Gasteiger partial charge in [0.05, 0.1) is 12.1 Å². The highest BCUT2D eigenvalue weighted by atomic mass is 79.9. The van der Waals surface area contributed by atoms with E-state index in [4.69, 9.17) is 5.11 Å². The van der Waals surface area contributed by atoms with Crippen molar-refractivity contribution >= 4 is 21.9 Å². The van der Waals surface area contributed by atoms with Crippen molar-refractivity contribution in [2.75, 3.05) is 0 Å². The van der Waals surface area contributed by atoms with Gasteiger partial charge in [0.15, 0.2) is 0 Å². The molecule has 2 N–H and O–H groups in total. The molecule has 2 aromatic rings. The molecule has 0 spiro atoms. The van der Waals surface area contributed by atoms with E-state index < -0.39 is 5.97 Å². The summed E-state index contributed by atoms with van der Waals surface area (Å²) in [5, 5.41) is 8.76. The van der Waals surface area contributed by atoms with Crippen molar-refractivity contribution in [1.82, 2.24) is 9.97 Å². The molecule has 0 atom stereocenters. The molecule has 2 rings (SSSR count). The van der Waals surface area contributed by atoms with Crippen molar-refractivity contribution in [1.29, 1.82) is 0 Å². The van der Waals surface area contributed by atoms with E-state index >= 15 is 0 Å². The van der Waals surface area contributed by atoms with E-state index in [1.165, 1.54) is 5.56 Å². The van der Waals surface area contributed by atoms with Crippen LogP contribution in [0.15, 0.2) is 16.7 Å². The summed E-state index contributed by atoms with van der Waals surface area (Å²) in [6.07, 6.45) is 0.527. The van der Waals surface area contributed by atoms with Gasteiger partial charge in [0, 0.05) is 12.0 Å². The minimum Gasteiger partial charge on any atom is -0.481 e. The average Bonchev–Trinajstić information content (AvgIpc) is 2.66. The summed E-state index contributed by atoms with van der Waals surface area (Å²) in [5.74, 6) is -0.0250. The molecule has 1 aromatic heterocycles. The van der Waals surface area contributed by atoms with Crippen LogP contribution in [0, 0.1) is 20.8 Å². The van der Waals surface area contributed by atoms with E-state index in [9.17, 15) is 4.79 Å². The normalized spacial score (nSPS) is 10.8. The Balaban J connectivity index is 2.39. The maximum absolute atomic E-state index is 10.7. The lowest BCUT2D eigenvalue weighted by Crippen LogP contribution is -1.98. The molecule has 5 heteroatoms. The number of aromatic amines is 1. The number of nitrogens with one attached hydrogen (secondary N) is 1. The number of hydrogen-bond donors (Lipinski definition) is 2. The number of carboxylic acid groups (broad SMARTS) is 1. The number of rotatable bonds is 4. The molecule has 0 amide bonds. The van der Waals surface area contributed by atoms with Crippen molar-refractivity contribution in [3.8, 4) is 11.4 Å². The van der Waals surface area contributed by atoms with E-state index in [1.54, 1.807) is 0 Å². The van der Waals surface area contributed by atoms with Gasteiger partial charge in [0.1, 0.15) is 10.4 Å². The minimum atomic E-state index is -0.809. The maximum Gasteiger partial charge on any atom is 0.303 e. The number of carbonyl (C=O) groups is 1. The van der Waals surface area contributed by atoms with Gasteiger partial charge in [-0.2, -0.15) is 0 Å². The standard InChI is InChI=1S/C15H17BrN2O2/c1-8-6-9(2)13(10(3)7-8)15-17-11(14(16)18-15)4-5-12(19)20/h6-7H,4-5H2,1-3H3,(H,17,18)(H,19,20). The van der Waals surface area contributed by atoms with Crippen LogP contribution in [0.4, 0.5) is 0 Å². The van der Waals surface area contributed by atoms with Gasteiger partial charge in [-0.3, -0.25) is 4.79 Å². The van der Waals surface area contributed by atoms with Crippen LogP contribution in [0.2, 0.25) is 0 Å². The number of benzene rings is 1. The monoisotopic (exact) mass is 336 g/mol. The summed E-state index contributed by atoms with van der Waals surface area (Å²) in [7, 11) is 0. The summed E-state index contributed by atoms with van der Waals surface area (Å²) in [4.78, 5) is 18.4. The second-order valence-corrected chi connectivity index (χ2v) is 5.77. The first-order valence-corrected chi connectivity index (χ1v) is 7.22. The fraction of sp³-hybridized carbons (Fsp3) is 0.333. The molecule has 106 valence electrons. The molecule has 0 radical (unpaired) electrons. The van der Waals surface area contributed by atoms with Gasteiger partial charge in [0.25, 0.3) is 0 Å². The maximum atomic E-state index is 10.7. The van der Waals surface area contributed by atoms with Crippen molar-refractivity contribution < 1.29 is 9.90 Å². The van der Waals surface area contributed by atoms with Crippen molar-refractivity contribution in [2.45, 2.75) is 33.6 Å². The van der Waals surface area contributed by atoms with Crippen molar-refractivity contribution in [3.63, 3.8) is 0 Å². The Labute approximate surface area is 126 Å². The summed E-state index contributed by atoms with van der Waals surface area (Å²) >= 11 is 3.39.